The van der Waals surface area contributed by atoms with Gasteiger partial charge in [0.25, 0.3) is 17.3 Å². The van der Waals surface area contributed by atoms with E-state index < -0.39 is 15.8 Å². The number of nitrogens with zero attached hydrogens (tertiary/aromatic N) is 2. The summed E-state index contributed by atoms with van der Waals surface area (Å²) in [5.41, 5.74) is -0.387. The van der Waals surface area contributed by atoms with Gasteiger partial charge >= 0.3 is 0 Å². The molecular weight excluding hydrogens is 326 g/mol. The number of benzene rings is 2. The van der Waals surface area contributed by atoms with Crippen LogP contribution in [0.3, 0.4) is 0 Å². The minimum Gasteiger partial charge on any atom is -0.316 e. The number of amides is 1. The normalized spacial score (nSPS) is 10.2. The summed E-state index contributed by atoms with van der Waals surface area (Å²) >= 11 is 5.70. The molecule has 0 aliphatic rings. The van der Waals surface area contributed by atoms with Crippen LogP contribution in [0, 0.1) is 27.2 Å². The lowest BCUT2D eigenvalue weighted by molar-refractivity contribution is -0.385. The van der Waals surface area contributed by atoms with Gasteiger partial charge in [0, 0.05) is 28.3 Å². The quantitative estimate of drug-likeness (QED) is 0.675. The minimum absolute atomic E-state index is 0.0460. The molecule has 0 aromatic heterocycles. The fourth-order valence-corrected chi connectivity index (χ4v) is 2.18. The molecular formula is C14H10ClN3O5. The van der Waals surface area contributed by atoms with Gasteiger partial charge in [0.1, 0.15) is 5.69 Å². The number of anilines is 1. The first kappa shape index (κ1) is 16.4. The van der Waals surface area contributed by atoms with Crippen LogP contribution in [0.5, 0.6) is 0 Å². The number of rotatable bonds is 4. The van der Waals surface area contributed by atoms with E-state index in [1.54, 1.807) is 0 Å². The largest absolute Gasteiger partial charge is 0.316 e. The van der Waals surface area contributed by atoms with Crippen molar-refractivity contribution >= 4 is 34.6 Å². The lowest BCUT2D eigenvalue weighted by atomic mass is 10.1. The van der Waals surface area contributed by atoms with Crippen LogP contribution in [-0.4, -0.2) is 15.8 Å². The molecule has 0 unspecified atom stereocenters. The van der Waals surface area contributed by atoms with Gasteiger partial charge in [0.15, 0.2) is 0 Å². The van der Waals surface area contributed by atoms with Crippen molar-refractivity contribution in [2.24, 2.45) is 0 Å². The van der Waals surface area contributed by atoms with E-state index in [4.69, 9.17) is 11.6 Å². The molecule has 0 saturated heterocycles. The first-order chi connectivity index (χ1) is 10.8. The standard InChI is InChI=1S/C14H10ClN3O5/c1-8-10(3-2-4-12(8)17(20)21)14(19)16-11-6-5-9(15)7-13(11)18(22)23/h2-7H,1H3,(H,16,19). The van der Waals surface area contributed by atoms with Crippen molar-refractivity contribution in [3.8, 4) is 0 Å². The third-order valence-corrected chi connectivity index (χ3v) is 3.39. The van der Waals surface area contributed by atoms with Gasteiger partial charge in [-0.2, -0.15) is 0 Å². The van der Waals surface area contributed by atoms with Crippen LogP contribution in [0.15, 0.2) is 36.4 Å². The van der Waals surface area contributed by atoms with Crippen molar-refractivity contribution < 1.29 is 14.6 Å². The van der Waals surface area contributed by atoms with E-state index in [1.165, 1.54) is 37.3 Å². The molecule has 0 heterocycles. The Labute approximate surface area is 135 Å². The SMILES string of the molecule is Cc1c(C(=O)Nc2ccc(Cl)cc2[N+](=O)[O-])cccc1[N+](=O)[O-]. The predicted molar refractivity (Wildman–Crippen MR) is 83.9 cm³/mol. The van der Waals surface area contributed by atoms with E-state index in [1.807, 2.05) is 0 Å². The molecule has 1 N–H and O–H groups in total. The van der Waals surface area contributed by atoms with Crippen molar-refractivity contribution in [1.29, 1.82) is 0 Å². The van der Waals surface area contributed by atoms with E-state index in [0.29, 0.717) is 0 Å². The van der Waals surface area contributed by atoms with Gasteiger partial charge in [-0.1, -0.05) is 17.7 Å². The monoisotopic (exact) mass is 335 g/mol. The van der Waals surface area contributed by atoms with Gasteiger partial charge in [0.2, 0.25) is 0 Å². The molecule has 0 aliphatic carbocycles. The second kappa shape index (κ2) is 6.41. The maximum Gasteiger partial charge on any atom is 0.294 e. The van der Waals surface area contributed by atoms with Crippen LogP contribution < -0.4 is 5.32 Å². The highest BCUT2D eigenvalue weighted by molar-refractivity contribution is 6.31. The molecule has 8 nitrogen and oxygen atoms in total. The zero-order valence-electron chi connectivity index (χ0n) is 11.8. The zero-order chi connectivity index (χ0) is 17.1. The Hall–Kier alpha value is -3.00. The number of carbonyl (C=O) groups is 1. The van der Waals surface area contributed by atoms with Crippen LogP contribution in [0.2, 0.25) is 5.02 Å². The summed E-state index contributed by atoms with van der Waals surface area (Å²) in [6, 6.07) is 7.85. The Morgan fingerprint density at radius 3 is 2.35 bits per heavy atom. The van der Waals surface area contributed by atoms with Crippen molar-refractivity contribution in [2.75, 3.05) is 5.32 Å². The average Bonchev–Trinajstić information content (AvgIpc) is 2.48. The minimum atomic E-state index is -0.684. The van der Waals surface area contributed by atoms with Crippen LogP contribution in [0.1, 0.15) is 15.9 Å². The molecule has 0 bridgehead atoms. The molecule has 0 spiro atoms. The molecule has 0 radical (unpaired) electrons. The molecule has 23 heavy (non-hydrogen) atoms. The number of hydrogen-bond donors (Lipinski definition) is 1. The Bertz CT molecular complexity index is 822. The molecule has 2 rings (SSSR count). The molecule has 0 saturated carbocycles. The number of nitro benzene ring substituents is 2. The molecule has 118 valence electrons. The molecule has 0 aliphatic heterocycles. The summed E-state index contributed by atoms with van der Waals surface area (Å²) in [5, 5.41) is 24.4. The highest BCUT2D eigenvalue weighted by Gasteiger charge is 2.21. The van der Waals surface area contributed by atoms with E-state index >= 15 is 0 Å². The molecule has 2 aromatic rings. The lowest BCUT2D eigenvalue weighted by Gasteiger charge is -2.08. The van der Waals surface area contributed by atoms with Crippen LogP contribution in [0.4, 0.5) is 17.1 Å². The molecule has 2 aromatic carbocycles. The van der Waals surface area contributed by atoms with Crippen molar-refractivity contribution in [3.63, 3.8) is 0 Å². The average molecular weight is 336 g/mol. The number of hydrogen-bond acceptors (Lipinski definition) is 5. The summed E-state index contributed by atoms with van der Waals surface area (Å²) in [7, 11) is 0. The van der Waals surface area contributed by atoms with Crippen molar-refractivity contribution in [2.45, 2.75) is 6.92 Å². The van der Waals surface area contributed by atoms with Crippen LogP contribution in [0.25, 0.3) is 0 Å². The van der Waals surface area contributed by atoms with Gasteiger partial charge in [-0.3, -0.25) is 25.0 Å². The van der Waals surface area contributed by atoms with Crippen LogP contribution >= 0.6 is 11.6 Å². The van der Waals surface area contributed by atoms with Gasteiger partial charge in [0.05, 0.1) is 9.85 Å². The second-order valence-corrected chi connectivity index (χ2v) is 5.02. The second-order valence-electron chi connectivity index (χ2n) is 4.58. The molecule has 9 heteroatoms. The van der Waals surface area contributed by atoms with Gasteiger partial charge in [-0.25, -0.2) is 0 Å². The topological polar surface area (TPSA) is 115 Å². The Balaban J connectivity index is 2.39. The van der Waals surface area contributed by atoms with Gasteiger partial charge in [-0.15, -0.1) is 0 Å². The fourth-order valence-electron chi connectivity index (χ4n) is 2.02. The molecule has 0 atom stereocenters. The van der Waals surface area contributed by atoms with Crippen LogP contribution in [-0.2, 0) is 0 Å². The summed E-state index contributed by atoms with van der Waals surface area (Å²) < 4.78 is 0. The Morgan fingerprint density at radius 2 is 1.74 bits per heavy atom. The third-order valence-electron chi connectivity index (χ3n) is 3.15. The van der Waals surface area contributed by atoms with Gasteiger partial charge in [-0.05, 0) is 25.1 Å². The highest BCUT2D eigenvalue weighted by Crippen LogP contribution is 2.29. The number of nitrogens with one attached hydrogen (secondary N) is 1. The van der Waals surface area contributed by atoms with Crippen molar-refractivity contribution in [1.82, 2.24) is 0 Å². The smallest absolute Gasteiger partial charge is 0.294 e. The third kappa shape index (κ3) is 3.43. The first-order valence-corrected chi connectivity index (χ1v) is 6.68. The molecule has 0 fully saturated rings. The lowest BCUT2D eigenvalue weighted by Crippen LogP contribution is -2.15. The summed E-state index contributed by atoms with van der Waals surface area (Å²) in [6.45, 7) is 1.43. The maximum absolute atomic E-state index is 12.3. The summed E-state index contributed by atoms with van der Waals surface area (Å²) in [5.74, 6) is -0.684. The van der Waals surface area contributed by atoms with E-state index in [-0.39, 0.29) is 33.2 Å². The Morgan fingerprint density at radius 1 is 1.09 bits per heavy atom. The summed E-state index contributed by atoms with van der Waals surface area (Å²) in [4.78, 5) is 32.9. The van der Waals surface area contributed by atoms with E-state index in [9.17, 15) is 25.0 Å². The highest BCUT2D eigenvalue weighted by atomic mass is 35.5. The van der Waals surface area contributed by atoms with E-state index in [2.05, 4.69) is 5.32 Å². The van der Waals surface area contributed by atoms with E-state index in [0.717, 1.165) is 6.07 Å². The zero-order valence-corrected chi connectivity index (χ0v) is 12.5. The van der Waals surface area contributed by atoms with Gasteiger partial charge < -0.3 is 5.32 Å². The summed E-state index contributed by atoms with van der Waals surface area (Å²) in [6.07, 6.45) is 0. The number of nitro groups is 2. The number of halogens is 1. The van der Waals surface area contributed by atoms with Crippen molar-refractivity contribution in [3.05, 3.63) is 72.8 Å². The maximum atomic E-state index is 12.3. The fraction of sp³-hybridized carbons (Fsp3) is 0.0714. The Kier molecular flexibility index (Phi) is 4.56. The first-order valence-electron chi connectivity index (χ1n) is 6.30. The number of carbonyl (C=O) groups excluding carboxylic acids is 1. The predicted octanol–water partition coefficient (Wildman–Crippen LogP) is 3.72. The molecule has 1 amide bonds.